The number of aliphatic carboxylic acids is 1. The number of hydrogen-bond donors (Lipinski definition) is 3. The molecule has 1 saturated heterocycles. The largest absolute Gasteiger partial charge is 0.504 e. The number of Topliss-reactive ketones (excluding diaryl/α,β-unsaturated/α-hetero) is 1. The average Bonchev–Trinajstić information content (AvgIpc) is 2.41. The summed E-state index contributed by atoms with van der Waals surface area (Å²) in [6.45, 7) is 1.15. The number of phenolic OH excluding ortho intramolecular Hbond substituents is 2. The predicted octanol–water partition coefficient (Wildman–Crippen LogP) is 1.08. The molecule has 0 amide bonds. The van der Waals surface area contributed by atoms with Crippen molar-refractivity contribution < 1.29 is 24.9 Å². The van der Waals surface area contributed by atoms with Crippen molar-refractivity contribution in [2.45, 2.75) is 12.8 Å². The van der Waals surface area contributed by atoms with Crippen molar-refractivity contribution in [1.29, 1.82) is 0 Å². The van der Waals surface area contributed by atoms with Gasteiger partial charge in [0.15, 0.2) is 17.3 Å². The molecular weight excluding hydrogens is 262 g/mol. The lowest BCUT2D eigenvalue weighted by Gasteiger charge is -2.29. The average molecular weight is 279 g/mol. The van der Waals surface area contributed by atoms with Crippen LogP contribution in [0.2, 0.25) is 0 Å². The molecule has 1 fully saturated rings. The number of carboxylic acid groups (broad SMARTS) is 1. The van der Waals surface area contributed by atoms with E-state index in [0.717, 1.165) is 0 Å². The maximum absolute atomic E-state index is 12.3. The standard InChI is InChI=1S/C14H17NO5/c16-11-2-1-10(7-12(11)17)14(20)9-3-5-15(6-4-9)8-13(18)19/h1-2,7,9,16-17H,3-6,8H2,(H,18,19). The van der Waals surface area contributed by atoms with E-state index < -0.39 is 5.97 Å². The Morgan fingerprint density at radius 3 is 2.35 bits per heavy atom. The minimum atomic E-state index is -0.863. The fourth-order valence-corrected chi connectivity index (χ4v) is 2.46. The third kappa shape index (κ3) is 3.27. The molecule has 0 aliphatic carbocycles. The first-order valence-electron chi connectivity index (χ1n) is 6.47. The monoisotopic (exact) mass is 279 g/mol. The van der Waals surface area contributed by atoms with Crippen LogP contribution in [-0.4, -0.2) is 51.6 Å². The molecule has 2 rings (SSSR count). The number of hydrogen-bond acceptors (Lipinski definition) is 5. The van der Waals surface area contributed by atoms with Gasteiger partial charge in [0.05, 0.1) is 6.54 Å². The fourth-order valence-electron chi connectivity index (χ4n) is 2.46. The maximum atomic E-state index is 12.3. The summed E-state index contributed by atoms with van der Waals surface area (Å²) in [4.78, 5) is 24.7. The number of phenols is 2. The number of nitrogens with zero attached hydrogens (tertiary/aromatic N) is 1. The Balaban J connectivity index is 1.97. The van der Waals surface area contributed by atoms with Crippen molar-refractivity contribution in [2.75, 3.05) is 19.6 Å². The van der Waals surface area contributed by atoms with Crippen molar-refractivity contribution in [3.63, 3.8) is 0 Å². The van der Waals surface area contributed by atoms with Crippen LogP contribution in [0.25, 0.3) is 0 Å². The van der Waals surface area contributed by atoms with Gasteiger partial charge in [-0.2, -0.15) is 0 Å². The highest BCUT2D eigenvalue weighted by Gasteiger charge is 2.26. The second kappa shape index (κ2) is 5.92. The minimum absolute atomic E-state index is 0.000901. The molecule has 1 aliphatic rings. The van der Waals surface area contributed by atoms with E-state index in [0.29, 0.717) is 31.5 Å². The molecule has 3 N–H and O–H groups in total. The van der Waals surface area contributed by atoms with E-state index in [4.69, 9.17) is 5.11 Å². The SMILES string of the molecule is O=C(O)CN1CCC(C(=O)c2ccc(O)c(O)c2)CC1. The van der Waals surface area contributed by atoms with Crippen LogP contribution < -0.4 is 0 Å². The van der Waals surface area contributed by atoms with Gasteiger partial charge < -0.3 is 15.3 Å². The van der Waals surface area contributed by atoms with Crippen molar-refractivity contribution in [1.82, 2.24) is 4.90 Å². The van der Waals surface area contributed by atoms with E-state index in [1.807, 2.05) is 0 Å². The zero-order valence-corrected chi connectivity index (χ0v) is 11.0. The summed E-state index contributed by atoms with van der Waals surface area (Å²) in [7, 11) is 0. The molecule has 0 radical (unpaired) electrons. The minimum Gasteiger partial charge on any atom is -0.504 e. The second-order valence-corrected chi connectivity index (χ2v) is 5.01. The summed E-state index contributed by atoms with van der Waals surface area (Å²) >= 11 is 0. The summed E-state index contributed by atoms with van der Waals surface area (Å²) in [5, 5.41) is 27.4. The zero-order valence-electron chi connectivity index (χ0n) is 11.0. The lowest BCUT2D eigenvalue weighted by molar-refractivity contribution is -0.138. The Morgan fingerprint density at radius 2 is 1.80 bits per heavy atom. The molecule has 108 valence electrons. The maximum Gasteiger partial charge on any atom is 0.317 e. The van der Waals surface area contributed by atoms with Crippen LogP contribution in [0.5, 0.6) is 11.5 Å². The van der Waals surface area contributed by atoms with Crippen molar-refractivity contribution in [3.8, 4) is 11.5 Å². The van der Waals surface area contributed by atoms with Crippen LogP contribution in [0.3, 0.4) is 0 Å². The highest BCUT2D eigenvalue weighted by molar-refractivity contribution is 5.98. The quantitative estimate of drug-likeness (QED) is 0.563. The first kappa shape index (κ1) is 14.3. The molecule has 0 aromatic heterocycles. The molecule has 0 atom stereocenters. The van der Waals surface area contributed by atoms with Gasteiger partial charge in [-0.15, -0.1) is 0 Å². The fraction of sp³-hybridized carbons (Fsp3) is 0.429. The molecule has 1 heterocycles. The molecule has 1 aromatic rings. The molecule has 0 saturated carbocycles. The van der Waals surface area contributed by atoms with Gasteiger partial charge in [-0.05, 0) is 44.1 Å². The van der Waals surface area contributed by atoms with Gasteiger partial charge in [0.2, 0.25) is 0 Å². The van der Waals surface area contributed by atoms with Gasteiger partial charge in [0, 0.05) is 11.5 Å². The molecule has 0 spiro atoms. The van der Waals surface area contributed by atoms with E-state index in [2.05, 4.69) is 0 Å². The molecule has 6 nitrogen and oxygen atoms in total. The van der Waals surface area contributed by atoms with Crippen LogP contribution in [0.4, 0.5) is 0 Å². The number of piperidine rings is 1. The van der Waals surface area contributed by atoms with E-state index in [1.165, 1.54) is 18.2 Å². The molecule has 6 heteroatoms. The van der Waals surface area contributed by atoms with Crippen molar-refractivity contribution in [2.24, 2.45) is 5.92 Å². The number of rotatable bonds is 4. The summed E-state index contributed by atoms with van der Waals surface area (Å²) in [6, 6.07) is 4.05. The zero-order chi connectivity index (χ0) is 14.7. The first-order valence-corrected chi connectivity index (χ1v) is 6.47. The van der Waals surface area contributed by atoms with E-state index in [-0.39, 0.29) is 29.7 Å². The summed E-state index contributed by atoms with van der Waals surface area (Å²) in [6.07, 6.45) is 1.21. The Bertz CT molecular complexity index is 520. The Morgan fingerprint density at radius 1 is 1.15 bits per heavy atom. The third-order valence-electron chi connectivity index (χ3n) is 3.58. The van der Waals surface area contributed by atoms with Crippen LogP contribution in [0.15, 0.2) is 18.2 Å². The first-order chi connectivity index (χ1) is 9.47. The molecular formula is C14H17NO5. The van der Waals surface area contributed by atoms with Crippen molar-refractivity contribution in [3.05, 3.63) is 23.8 Å². The molecule has 0 unspecified atom stereocenters. The Kier molecular flexibility index (Phi) is 4.24. The van der Waals surface area contributed by atoms with Crippen LogP contribution >= 0.6 is 0 Å². The normalized spacial score (nSPS) is 17.0. The molecule has 0 bridgehead atoms. The van der Waals surface area contributed by atoms with Gasteiger partial charge in [-0.3, -0.25) is 14.5 Å². The second-order valence-electron chi connectivity index (χ2n) is 5.01. The summed E-state index contributed by atoms with van der Waals surface area (Å²) in [5.74, 6) is -1.66. The van der Waals surface area contributed by atoms with Gasteiger partial charge >= 0.3 is 5.97 Å². The Labute approximate surface area is 116 Å². The van der Waals surface area contributed by atoms with Gasteiger partial charge in [0.25, 0.3) is 0 Å². The topological polar surface area (TPSA) is 98.1 Å². The van der Waals surface area contributed by atoms with Gasteiger partial charge in [-0.1, -0.05) is 0 Å². The number of aromatic hydroxyl groups is 2. The number of ketones is 1. The van der Waals surface area contributed by atoms with Gasteiger partial charge in [-0.25, -0.2) is 0 Å². The smallest absolute Gasteiger partial charge is 0.317 e. The number of likely N-dealkylation sites (tertiary alicyclic amines) is 1. The molecule has 1 aliphatic heterocycles. The van der Waals surface area contributed by atoms with Crippen LogP contribution in [-0.2, 0) is 4.79 Å². The highest BCUT2D eigenvalue weighted by atomic mass is 16.4. The van der Waals surface area contributed by atoms with E-state index >= 15 is 0 Å². The molecule has 20 heavy (non-hydrogen) atoms. The number of benzene rings is 1. The van der Waals surface area contributed by atoms with Gasteiger partial charge in [0.1, 0.15) is 0 Å². The highest BCUT2D eigenvalue weighted by Crippen LogP contribution is 2.28. The lowest BCUT2D eigenvalue weighted by Crippen LogP contribution is -2.39. The van der Waals surface area contributed by atoms with E-state index in [9.17, 15) is 19.8 Å². The summed E-state index contributed by atoms with van der Waals surface area (Å²) in [5.41, 5.74) is 0.372. The Hall–Kier alpha value is -2.08. The number of carbonyl (C=O) groups excluding carboxylic acids is 1. The van der Waals surface area contributed by atoms with Crippen LogP contribution in [0.1, 0.15) is 23.2 Å². The molecule has 1 aromatic carbocycles. The van der Waals surface area contributed by atoms with E-state index in [1.54, 1.807) is 4.90 Å². The summed E-state index contributed by atoms with van der Waals surface area (Å²) < 4.78 is 0. The van der Waals surface area contributed by atoms with Crippen LogP contribution in [0, 0.1) is 5.92 Å². The number of carbonyl (C=O) groups is 2. The van der Waals surface area contributed by atoms with Crippen molar-refractivity contribution >= 4 is 11.8 Å². The predicted molar refractivity (Wildman–Crippen MR) is 70.9 cm³/mol. The lowest BCUT2D eigenvalue weighted by atomic mass is 9.89. The third-order valence-corrected chi connectivity index (χ3v) is 3.58. The number of carboxylic acids is 1.